The second-order valence-corrected chi connectivity index (χ2v) is 6.34. The number of rotatable bonds is 4. The lowest BCUT2D eigenvalue weighted by molar-refractivity contribution is -0.148. The zero-order chi connectivity index (χ0) is 17.1. The highest BCUT2D eigenvalue weighted by atomic mass is 35.5. The zero-order valence-corrected chi connectivity index (χ0v) is 13.8. The number of carbonyl (C=O) groups excluding carboxylic acids is 1. The molecular formula is C14H17Cl2NO5. The Morgan fingerprint density at radius 3 is 2.36 bits per heavy atom. The van der Waals surface area contributed by atoms with Crippen LogP contribution < -0.4 is 5.32 Å². The van der Waals surface area contributed by atoms with E-state index < -0.39 is 29.8 Å². The Bertz CT molecular complexity index is 571. The molecule has 0 aliphatic heterocycles. The van der Waals surface area contributed by atoms with E-state index in [9.17, 15) is 14.7 Å². The smallest absolute Gasteiger partial charge is 0.408 e. The number of aliphatic hydroxyl groups is 1. The monoisotopic (exact) mass is 349 g/mol. The van der Waals surface area contributed by atoms with Crippen LogP contribution >= 0.6 is 23.2 Å². The number of hydrogen-bond acceptors (Lipinski definition) is 4. The highest BCUT2D eigenvalue weighted by Crippen LogP contribution is 2.31. The maximum atomic E-state index is 11.9. The summed E-state index contributed by atoms with van der Waals surface area (Å²) in [7, 11) is 0. The summed E-state index contributed by atoms with van der Waals surface area (Å²) < 4.78 is 5.06. The number of carboxylic acids is 1. The molecule has 1 amide bonds. The average molecular weight is 350 g/mol. The number of aliphatic carboxylic acids is 1. The van der Waals surface area contributed by atoms with Gasteiger partial charge in [0.15, 0.2) is 6.10 Å². The summed E-state index contributed by atoms with van der Waals surface area (Å²) in [5.41, 5.74) is -0.601. The van der Waals surface area contributed by atoms with E-state index in [1.165, 1.54) is 18.2 Å². The molecule has 22 heavy (non-hydrogen) atoms. The second-order valence-electron chi connectivity index (χ2n) is 5.55. The first-order valence-corrected chi connectivity index (χ1v) is 7.13. The van der Waals surface area contributed by atoms with Gasteiger partial charge in [-0.3, -0.25) is 0 Å². The molecule has 0 radical (unpaired) electrons. The van der Waals surface area contributed by atoms with E-state index in [1.807, 2.05) is 0 Å². The van der Waals surface area contributed by atoms with Gasteiger partial charge in [0, 0.05) is 0 Å². The van der Waals surface area contributed by atoms with Crippen LogP contribution in [0.2, 0.25) is 10.0 Å². The number of amides is 1. The van der Waals surface area contributed by atoms with E-state index in [4.69, 9.17) is 33.0 Å². The van der Waals surface area contributed by atoms with E-state index in [-0.39, 0.29) is 15.6 Å². The van der Waals surface area contributed by atoms with Gasteiger partial charge in [0.25, 0.3) is 0 Å². The lowest BCUT2D eigenvalue weighted by atomic mass is 10.0. The van der Waals surface area contributed by atoms with Crippen molar-refractivity contribution in [2.75, 3.05) is 0 Å². The summed E-state index contributed by atoms with van der Waals surface area (Å²) in [5.74, 6) is -1.52. The van der Waals surface area contributed by atoms with Crippen LogP contribution in [0.15, 0.2) is 18.2 Å². The average Bonchev–Trinajstić information content (AvgIpc) is 2.36. The number of aliphatic hydroxyl groups excluding tert-OH is 1. The van der Waals surface area contributed by atoms with Crippen molar-refractivity contribution >= 4 is 35.3 Å². The minimum absolute atomic E-state index is 0.0468. The molecule has 0 bridgehead atoms. The number of nitrogens with one attached hydrogen (secondary N) is 1. The highest BCUT2D eigenvalue weighted by Gasteiger charge is 2.32. The lowest BCUT2D eigenvalue weighted by Crippen LogP contribution is -2.42. The molecule has 0 saturated heterocycles. The molecule has 0 aromatic heterocycles. The summed E-state index contributed by atoms with van der Waals surface area (Å²) in [6, 6.07) is 3.19. The molecule has 0 unspecified atom stereocenters. The van der Waals surface area contributed by atoms with Crippen LogP contribution in [0.5, 0.6) is 0 Å². The predicted octanol–water partition coefficient (Wildman–Crippen LogP) is 3.00. The maximum absolute atomic E-state index is 11.9. The Morgan fingerprint density at radius 2 is 1.86 bits per heavy atom. The van der Waals surface area contributed by atoms with Gasteiger partial charge in [-0.25, -0.2) is 9.59 Å². The van der Waals surface area contributed by atoms with E-state index >= 15 is 0 Å². The first-order chi connectivity index (χ1) is 10.0. The first kappa shape index (κ1) is 18.5. The molecular weight excluding hydrogens is 333 g/mol. The van der Waals surface area contributed by atoms with Crippen molar-refractivity contribution in [3.8, 4) is 0 Å². The van der Waals surface area contributed by atoms with Gasteiger partial charge in [-0.2, -0.15) is 0 Å². The van der Waals surface area contributed by atoms with Crippen molar-refractivity contribution in [3.63, 3.8) is 0 Å². The molecule has 6 nitrogen and oxygen atoms in total. The molecule has 0 spiro atoms. The number of carboxylic acid groups (broad SMARTS) is 1. The quantitative estimate of drug-likeness (QED) is 0.776. The fraction of sp³-hybridized carbons (Fsp3) is 0.429. The van der Waals surface area contributed by atoms with Crippen LogP contribution in [0.1, 0.15) is 32.4 Å². The van der Waals surface area contributed by atoms with E-state index in [0.29, 0.717) is 0 Å². The van der Waals surface area contributed by atoms with Crippen molar-refractivity contribution in [1.82, 2.24) is 5.32 Å². The second kappa shape index (κ2) is 7.17. The van der Waals surface area contributed by atoms with Gasteiger partial charge in [-0.15, -0.1) is 0 Å². The summed E-state index contributed by atoms with van der Waals surface area (Å²) in [6.45, 7) is 4.96. The predicted molar refractivity (Wildman–Crippen MR) is 82.2 cm³/mol. The summed E-state index contributed by atoms with van der Waals surface area (Å²) in [5, 5.41) is 21.4. The van der Waals surface area contributed by atoms with Gasteiger partial charge >= 0.3 is 12.1 Å². The largest absolute Gasteiger partial charge is 0.479 e. The Kier molecular flexibility index (Phi) is 6.05. The Balaban J connectivity index is 3.12. The molecule has 3 N–H and O–H groups in total. The van der Waals surface area contributed by atoms with E-state index in [0.717, 1.165) is 0 Å². The maximum Gasteiger partial charge on any atom is 0.408 e. The van der Waals surface area contributed by atoms with Crippen LogP contribution in [-0.4, -0.2) is 34.0 Å². The number of alkyl carbamates (subject to hydrolysis) is 1. The Hall–Kier alpha value is -1.50. The number of hydrogen-bond donors (Lipinski definition) is 3. The number of carbonyl (C=O) groups is 2. The van der Waals surface area contributed by atoms with E-state index in [1.54, 1.807) is 20.8 Å². The highest BCUT2D eigenvalue weighted by molar-refractivity contribution is 6.42. The molecule has 8 heteroatoms. The minimum atomic E-state index is -1.91. The SMILES string of the molecule is CC(C)(C)OC(=O)N[C@@H](c1cccc(Cl)c1Cl)[C@H](O)C(=O)O. The Labute approximate surface area is 138 Å². The van der Waals surface area contributed by atoms with Crippen molar-refractivity contribution in [2.24, 2.45) is 0 Å². The van der Waals surface area contributed by atoms with Crippen LogP contribution in [0, 0.1) is 0 Å². The van der Waals surface area contributed by atoms with Gasteiger partial charge in [0.1, 0.15) is 5.60 Å². The van der Waals surface area contributed by atoms with Gasteiger partial charge in [-0.05, 0) is 32.4 Å². The third kappa shape index (κ3) is 5.05. The number of benzene rings is 1. The van der Waals surface area contributed by atoms with E-state index in [2.05, 4.69) is 5.32 Å². The normalized spacial score (nSPS) is 14.1. The van der Waals surface area contributed by atoms with Crippen LogP contribution in [0.25, 0.3) is 0 Å². The third-order valence-corrected chi connectivity index (χ3v) is 3.39. The zero-order valence-electron chi connectivity index (χ0n) is 12.3. The number of halogens is 2. The topological polar surface area (TPSA) is 95.9 Å². The molecule has 0 fully saturated rings. The van der Waals surface area contributed by atoms with Gasteiger partial charge in [0.05, 0.1) is 16.1 Å². The van der Waals surface area contributed by atoms with Crippen molar-refractivity contribution in [3.05, 3.63) is 33.8 Å². The molecule has 1 aromatic rings. The first-order valence-electron chi connectivity index (χ1n) is 6.37. The van der Waals surface area contributed by atoms with Crippen LogP contribution in [0.3, 0.4) is 0 Å². The fourth-order valence-corrected chi connectivity index (χ4v) is 2.09. The van der Waals surface area contributed by atoms with Crippen molar-refractivity contribution in [2.45, 2.75) is 38.5 Å². The molecule has 2 atom stereocenters. The molecule has 122 valence electrons. The molecule has 1 aromatic carbocycles. The summed E-state index contributed by atoms with van der Waals surface area (Å²) >= 11 is 11.9. The third-order valence-electron chi connectivity index (χ3n) is 2.56. The van der Waals surface area contributed by atoms with Crippen LogP contribution in [-0.2, 0) is 9.53 Å². The van der Waals surface area contributed by atoms with Gasteiger partial charge in [0.2, 0.25) is 0 Å². The van der Waals surface area contributed by atoms with Crippen molar-refractivity contribution < 1.29 is 24.5 Å². The van der Waals surface area contributed by atoms with Crippen LogP contribution in [0.4, 0.5) is 4.79 Å². The lowest BCUT2D eigenvalue weighted by Gasteiger charge is -2.26. The molecule has 0 saturated carbocycles. The standard InChI is InChI=1S/C14H17Cl2NO5/c1-14(2,3)22-13(21)17-10(11(18)12(19)20)7-5-4-6-8(15)9(7)16/h4-6,10-11,18H,1-3H3,(H,17,21)(H,19,20)/t10-,11-/m0/s1. The van der Waals surface area contributed by atoms with Gasteiger partial charge in [-0.1, -0.05) is 35.3 Å². The number of ether oxygens (including phenoxy) is 1. The molecule has 1 rings (SSSR count). The van der Waals surface area contributed by atoms with Gasteiger partial charge < -0.3 is 20.3 Å². The molecule has 0 aliphatic rings. The molecule has 0 heterocycles. The summed E-state index contributed by atoms with van der Waals surface area (Å²) in [6.07, 6.45) is -2.79. The van der Waals surface area contributed by atoms with Crippen molar-refractivity contribution in [1.29, 1.82) is 0 Å². The Morgan fingerprint density at radius 1 is 1.27 bits per heavy atom. The summed E-state index contributed by atoms with van der Waals surface area (Å²) in [4.78, 5) is 22.9. The fourth-order valence-electron chi connectivity index (χ4n) is 1.66. The molecule has 0 aliphatic carbocycles. The minimum Gasteiger partial charge on any atom is -0.479 e.